The minimum Gasteiger partial charge on any atom is -0.492 e. The minimum atomic E-state index is -5.08. The molecule has 6 nitrogen and oxygen atoms in total. The number of nitrogens with zero attached hydrogens (tertiary/aromatic N) is 2. The lowest BCUT2D eigenvalue weighted by Gasteiger charge is -2.09. The lowest BCUT2D eigenvalue weighted by atomic mass is 10.1. The van der Waals surface area contributed by atoms with Crippen molar-refractivity contribution in [1.29, 1.82) is 5.41 Å². The largest absolute Gasteiger partial charge is 0.492 e. The van der Waals surface area contributed by atoms with Crippen molar-refractivity contribution in [2.24, 2.45) is 0 Å². The number of hydrogen-bond acceptors (Lipinski definition) is 3. The van der Waals surface area contributed by atoms with E-state index in [9.17, 15) is 13.2 Å². The Morgan fingerprint density at radius 1 is 0.895 bits per heavy atom. The van der Waals surface area contributed by atoms with Crippen LogP contribution >= 0.6 is 23.2 Å². The van der Waals surface area contributed by atoms with Crippen LogP contribution in [-0.4, -0.2) is 33.0 Å². The topological polar surface area (TPSA) is 80.2 Å². The van der Waals surface area contributed by atoms with Gasteiger partial charge in [0.1, 0.15) is 5.75 Å². The zero-order valence-corrected chi connectivity index (χ0v) is 21.7. The molecule has 38 heavy (non-hydrogen) atoms. The lowest BCUT2D eigenvalue weighted by molar-refractivity contribution is -0.192. The quantitative estimate of drug-likeness (QED) is 0.214. The summed E-state index contributed by atoms with van der Waals surface area (Å²) in [6.07, 6.45) is -2.32. The maximum absolute atomic E-state index is 10.6. The van der Waals surface area contributed by atoms with Gasteiger partial charge in [-0.2, -0.15) is 13.2 Å². The van der Waals surface area contributed by atoms with Gasteiger partial charge in [0.25, 0.3) is 0 Å². The second-order valence-electron chi connectivity index (χ2n) is 8.28. The van der Waals surface area contributed by atoms with Gasteiger partial charge in [-0.15, -0.1) is 0 Å². The van der Waals surface area contributed by atoms with Crippen LogP contribution in [0.5, 0.6) is 5.75 Å². The van der Waals surface area contributed by atoms with E-state index in [0.717, 1.165) is 36.8 Å². The van der Waals surface area contributed by atoms with E-state index >= 15 is 0 Å². The summed E-state index contributed by atoms with van der Waals surface area (Å²) >= 11 is 12.1. The van der Waals surface area contributed by atoms with Crippen LogP contribution in [0.1, 0.15) is 18.4 Å². The van der Waals surface area contributed by atoms with E-state index in [4.69, 9.17) is 43.2 Å². The second kappa shape index (κ2) is 13.4. The average molecular weight is 568 g/mol. The number of ether oxygens (including phenoxy) is 1. The molecule has 1 heterocycles. The summed E-state index contributed by atoms with van der Waals surface area (Å²) < 4.78 is 41.7. The smallest absolute Gasteiger partial charge is 0.490 e. The van der Waals surface area contributed by atoms with Crippen molar-refractivity contribution in [3.05, 3.63) is 94.0 Å². The molecule has 202 valence electrons. The zero-order chi connectivity index (χ0) is 27.7. The molecule has 0 spiro atoms. The number of halogens is 5. The highest BCUT2D eigenvalue weighted by Gasteiger charge is 2.38. The summed E-state index contributed by atoms with van der Waals surface area (Å²) in [7, 11) is 0. The number of fused-ring (bicyclic) bond motifs is 1. The fraction of sp³-hybridized carbons (Fsp3) is 0.259. The number of benzene rings is 3. The summed E-state index contributed by atoms with van der Waals surface area (Å²) in [4.78, 5) is 8.90. The first kappa shape index (κ1) is 29.1. The SMILES string of the molecule is N=c1n(CCCOc2ccc(Cl)cc2Cl)c2ccccc2n1CCCc1ccccc1.O=C(O)C(F)(F)F. The van der Waals surface area contributed by atoms with Crippen molar-refractivity contribution < 1.29 is 27.8 Å². The molecule has 4 aromatic rings. The molecule has 3 aromatic carbocycles. The molecule has 0 fully saturated rings. The van der Waals surface area contributed by atoms with Gasteiger partial charge in [-0.25, -0.2) is 4.79 Å². The fourth-order valence-electron chi connectivity index (χ4n) is 3.83. The van der Waals surface area contributed by atoms with E-state index in [1.807, 2.05) is 18.2 Å². The summed E-state index contributed by atoms with van der Waals surface area (Å²) in [5, 5.41) is 17.0. The average Bonchev–Trinajstić information content (AvgIpc) is 3.14. The molecule has 1 aromatic heterocycles. The van der Waals surface area contributed by atoms with Gasteiger partial charge in [0.15, 0.2) is 0 Å². The molecule has 0 unspecified atom stereocenters. The highest BCUT2D eigenvalue weighted by Crippen LogP contribution is 2.27. The summed E-state index contributed by atoms with van der Waals surface area (Å²) in [6.45, 7) is 2.04. The number of para-hydroxylation sites is 2. The summed E-state index contributed by atoms with van der Waals surface area (Å²) in [5.74, 6) is -2.13. The van der Waals surface area contributed by atoms with Crippen LogP contribution < -0.4 is 10.4 Å². The molecular formula is C27H26Cl2F3N3O3. The molecule has 0 aliphatic heterocycles. The van der Waals surface area contributed by atoms with Gasteiger partial charge in [0.2, 0.25) is 5.62 Å². The molecule has 0 aliphatic rings. The lowest BCUT2D eigenvalue weighted by Crippen LogP contribution is -2.25. The van der Waals surface area contributed by atoms with Gasteiger partial charge in [-0.3, -0.25) is 5.41 Å². The van der Waals surface area contributed by atoms with Gasteiger partial charge >= 0.3 is 12.1 Å². The first-order valence-corrected chi connectivity index (χ1v) is 12.5. The molecule has 0 saturated heterocycles. The summed E-state index contributed by atoms with van der Waals surface area (Å²) in [6, 6.07) is 24.0. The number of carboxylic acid groups (broad SMARTS) is 1. The number of hydrogen-bond donors (Lipinski definition) is 2. The number of imidazole rings is 1. The van der Waals surface area contributed by atoms with Gasteiger partial charge in [-0.05, 0) is 55.2 Å². The van der Waals surface area contributed by atoms with Crippen molar-refractivity contribution in [3.8, 4) is 5.75 Å². The normalized spacial score (nSPS) is 11.2. The highest BCUT2D eigenvalue weighted by atomic mass is 35.5. The van der Waals surface area contributed by atoms with E-state index in [2.05, 4.69) is 45.5 Å². The number of alkyl halides is 3. The van der Waals surface area contributed by atoms with Crippen molar-refractivity contribution >= 4 is 40.2 Å². The van der Waals surface area contributed by atoms with Crippen LogP contribution in [-0.2, 0) is 24.3 Å². The van der Waals surface area contributed by atoms with Crippen LogP contribution in [0.15, 0.2) is 72.8 Å². The monoisotopic (exact) mass is 567 g/mol. The maximum Gasteiger partial charge on any atom is 0.490 e. The Kier molecular flexibility index (Phi) is 10.3. The number of aryl methyl sites for hydroxylation is 3. The van der Waals surface area contributed by atoms with Gasteiger partial charge in [0, 0.05) is 18.1 Å². The van der Waals surface area contributed by atoms with Crippen molar-refractivity contribution in [1.82, 2.24) is 9.13 Å². The van der Waals surface area contributed by atoms with Crippen LogP contribution in [0.25, 0.3) is 11.0 Å². The molecule has 4 rings (SSSR count). The Bertz CT molecular complexity index is 1420. The third-order valence-electron chi connectivity index (χ3n) is 5.58. The Labute approximate surface area is 227 Å². The van der Waals surface area contributed by atoms with E-state index in [0.29, 0.717) is 34.6 Å². The number of aromatic nitrogens is 2. The number of carboxylic acids is 1. The minimum absolute atomic E-state index is 0.511. The van der Waals surface area contributed by atoms with Crippen LogP contribution in [0.4, 0.5) is 13.2 Å². The fourth-order valence-corrected chi connectivity index (χ4v) is 4.29. The van der Waals surface area contributed by atoms with Crippen molar-refractivity contribution in [3.63, 3.8) is 0 Å². The number of nitrogens with one attached hydrogen (secondary N) is 1. The maximum atomic E-state index is 10.6. The Hall–Kier alpha value is -3.43. The first-order chi connectivity index (χ1) is 18.1. The Morgan fingerprint density at radius 2 is 1.45 bits per heavy atom. The Balaban J connectivity index is 0.000000505. The predicted octanol–water partition coefficient (Wildman–Crippen LogP) is 6.96. The molecule has 0 aliphatic carbocycles. The van der Waals surface area contributed by atoms with Crippen molar-refractivity contribution in [2.75, 3.05) is 6.61 Å². The number of carbonyl (C=O) groups is 1. The van der Waals surface area contributed by atoms with E-state index in [-0.39, 0.29) is 0 Å². The van der Waals surface area contributed by atoms with Gasteiger partial charge in [-0.1, -0.05) is 65.7 Å². The molecule has 0 atom stereocenters. The number of rotatable bonds is 9. The highest BCUT2D eigenvalue weighted by molar-refractivity contribution is 6.35. The van der Waals surface area contributed by atoms with E-state index in [1.165, 1.54) is 5.56 Å². The predicted molar refractivity (Wildman–Crippen MR) is 141 cm³/mol. The number of aliphatic carboxylic acids is 1. The molecule has 2 N–H and O–H groups in total. The second-order valence-corrected chi connectivity index (χ2v) is 9.13. The first-order valence-electron chi connectivity index (χ1n) is 11.7. The van der Waals surface area contributed by atoms with Gasteiger partial charge in [0.05, 0.1) is 22.7 Å². The molecular weight excluding hydrogens is 542 g/mol. The zero-order valence-electron chi connectivity index (χ0n) is 20.2. The molecule has 0 amide bonds. The third-order valence-corrected chi connectivity index (χ3v) is 6.12. The molecule has 0 bridgehead atoms. The van der Waals surface area contributed by atoms with Crippen molar-refractivity contribution in [2.45, 2.75) is 38.5 Å². The van der Waals surface area contributed by atoms with Crippen LogP contribution in [0.3, 0.4) is 0 Å². The van der Waals surface area contributed by atoms with E-state index < -0.39 is 12.1 Å². The van der Waals surface area contributed by atoms with Crippen LogP contribution in [0, 0.1) is 5.41 Å². The Morgan fingerprint density at radius 3 is 2.00 bits per heavy atom. The standard InChI is InChI=1S/C25H25Cl2N3O.C2HF3O2/c26-20-13-14-24(21(27)18-20)31-17-7-16-30-23-12-5-4-11-22(23)29(25(30)28)15-6-10-19-8-2-1-3-9-19;3-2(4,5)1(6)7/h1-5,8-9,11-14,18,28H,6-7,10,15-17H2;(H,6,7). The van der Waals surface area contributed by atoms with Crippen LogP contribution in [0.2, 0.25) is 10.0 Å². The molecule has 0 radical (unpaired) electrons. The molecule has 11 heteroatoms. The van der Waals surface area contributed by atoms with E-state index in [1.54, 1.807) is 18.2 Å². The summed E-state index contributed by atoms with van der Waals surface area (Å²) in [5.41, 5.74) is 4.04. The van der Waals surface area contributed by atoms with Gasteiger partial charge < -0.3 is 19.0 Å². The third kappa shape index (κ3) is 8.03. The molecule has 0 saturated carbocycles.